The van der Waals surface area contributed by atoms with Gasteiger partial charge >= 0.3 is 0 Å². The molecule has 0 saturated heterocycles. The highest BCUT2D eigenvalue weighted by Crippen LogP contribution is 2.31. The van der Waals surface area contributed by atoms with Crippen molar-refractivity contribution in [3.63, 3.8) is 0 Å². The molecule has 0 unspecified atom stereocenters. The molecule has 0 saturated carbocycles. The van der Waals surface area contributed by atoms with Crippen molar-refractivity contribution in [3.8, 4) is 23.1 Å². The minimum absolute atomic E-state index is 0.275. The van der Waals surface area contributed by atoms with Gasteiger partial charge in [0.15, 0.2) is 0 Å². The second-order valence-corrected chi connectivity index (χ2v) is 6.92. The fraction of sp³-hybridized carbons (Fsp3) is 0. The molecule has 5 rings (SSSR count). The first-order valence-corrected chi connectivity index (χ1v) is 9.79. The highest BCUT2D eigenvalue weighted by atomic mass is 19.1. The molecule has 0 aliphatic rings. The van der Waals surface area contributed by atoms with Crippen LogP contribution >= 0.6 is 0 Å². The van der Waals surface area contributed by atoms with E-state index < -0.39 is 0 Å². The molecular weight excluding hydrogens is 387 g/mol. The summed E-state index contributed by atoms with van der Waals surface area (Å²) in [5.41, 5.74) is 4.90. The number of halogens is 1. The predicted octanol–water partition coefficient (Wildman–Crippen LogP) is 5.68. The van der Waals surface area contributed by atoms with Crippen molar-refractivity contribution in [2.45, 2.75) is 0 Å². The molecule has 4 nitrogen and oxygen atoms in total. The van der Waals surface area contributed by atoms with Crippen molar-refractivity contribution < 1.29 is 4.39 Å². The smallest absolute Gasteiger partial charge is 0.143 e. The number of nitrogens with zero attached hydrogens (tertiary/aromatic N) is 3. The summed E-state index contributed by atoms with van der Waals surface area (Å²) >= 11 is 0. The van der Waals surface area contributed by atoms with Gasteiger partial charge in [-0.1, -0.05) is 30.2 Å². The fourth-order valence-electron chi connectivity index (χ4n) is 3.30. The maximum atomic E-state index is 13.3. The number of hydrogen-bond donors (Lipinski definition) is 1. The average molecular weight is 404 g/mol. The molecule has 0 aliphatic heterocycles. The maximum Gasteiger partial charge on any atom is 0.143 e. The Balaban J connectivity index is 1.57. The minimum Gasteiger partial charge on any atom is -0.339 e. The van der Waals surface area contributed by atoms with E-state index in [0.29, 0.717) is 0 Å². The number of anilines is 2. The summed E-state index contributed by atoms with van der Waals surface area (Å²) < 4.78 is 15.3. The molecule has 2 aromatic carbocycles. The third kappa shape index (κ3) is 4.00. The van der Waals surface area contributed by atoms with Crippen LogP contribution in [0.15, 0.2) is 97.3 Å². The molecule has 0 bridgehead atoms. The molecule has 0 fully saturated rings. The van der Waals surface area contributed by atoms with E-state index in [0.717, 1.165) is 39.7 Å². The molecule has 31 heavy (non-hydrogen) atoms. The Morgan fingerprint density at radius 2 is 1.71 bits per heavy atom. The van der Waals surface area contributed by atoms with Crippen LogP contribution in [0.1, 0.15) is 11.3 Å². The summed E-state index contributed by atoms with van der Waals surface area (Å²) in [6.07, 6.45) is 3.67. The van der Waals surface area contributed by atoms with Crippen molar-refractivity contribution in [2.24, 2.45) is 0 Å². The number of rotatable bonds is 3. The average Bonchev–Trinajstić information content (AvgIpc) is 3.18. The number of benzene rings is 2. The molecule has 0 amide bonds. The first-order valence-electron chi connectivity index (χ1n) is 9.79. The Morgan fingerprint density at radius 3 is 2.55 bits per heavy atom. The van der Waals surface area contributed by atoms with E-state index in [4.69, 9.17) is 4.98 Å². The fourth-order valence-corrected chi connectivity index (χ4v) is 3.30. The molecule has 0 spiro atoms. The Hall–Kier alpha value is -4.43. The SMILES string of the molecule is Fc1ccc(Nc2c(-c3cccc(C#Cc4ccccn4)c3)nc3ccccn23)cc1. The zero-order valence-electron chi connectivity index (χ0n) is 16.5. The van der Waals surface area contributed by atoms with Crippen LogP contribution in [0.3, 0.4) is 0 Å². The quantitative estimate of drug-likeness (QED) is 0.394. The molecular formula is C26H17FN4. The van der Waals surface area contributed by atoms with Gasteiger partial charge in [-0.25, -0.2) is 14.4 Å². The largest absolute Gasteiger partial charge is 0.339 e. The van der Waals surface area contributed by atoms with Crippen LogP contribution in [0.5, 0.6) is 0 Å². The topological polar surface area (TPSA) is 42.2 Å². The van der Waals surface area contributed by atoms with E-state index in [1.165, 1.54) is 12.1 Å². The highest BCUT2D eigenvalue weighted by Gasteiger charge is 2.14. The van der Waals surface area contributed by atoms with Gasteiger partial charge in [-0.05, 0) is 66.6 Å². The van der Waals surface area contributed by atoms with Crippen molar-refractivity contribution in [1.82, 2.24) is 14.4 Å². The van der Waals surface area contributed by atoms with Gasteiger partial charge in [0.1, 0.15) is 28.7 Å². The highest BCUT2D eigenvalue weighted by molar-refractivity contribution is 5.80. The Morgan fingerprint density at radius 1 is 0.839 bits per heavy atom. The monoisotopic (exact) mass is 404 g/mol. The number of nitrogens with one attached hydrogen (secondary N) is 1. The molecule has 3 heterocycles. The lowest BCUT2D eigenvalue weighted by molar-refractivity contribution is 0.628. The summed E-state index contributed by atoms with van der Waals surface area (Å²) in [5.74, 6) is 6.79. The predicted molar refractivity (Wildman–Crippen MR) is 121 cm³/mol. The first-order chi connectivity index (χ1) is 15.3. The second-order valence-electron chi connectivity index (χ2n) is 6.92. The van der Waals surface area contributed by atoms with Crippen LogP contribution < -0.4 is 5.32 Å². The molecule has 0 aliphatic carbocycles. The molecule has 148 valence electrons. The van der Waals surface area contributed by atoms with Crippen LogP contribution in [-0.4, -0.2) is 14.4 Å². The van der Waals surface area contributed by atoms with Gasteiger partial charge in [0.2, 0.25) is 0 Å². The van der Waals surface area contributed by atoms with Crippen LogP contribution in [0.2, 0.25) is 0 Å². The van der Waals surface area contributed by atoms with Crippen molar-refractivity contribution in [3.05, 3.63) is 114 Å². The lowest BCUT2D eigenvalue weighted by Crippen LogP contribution is -1.97. The summed E-state index contributed by atoms with van der Waals surface area (Å²) in [5, 5.41) is 3.39. The number of aromatic nitrogens is 3. The Labute approximate surface area is 179 Å². The van der Waals surface area contributed by atoms with Gasteiger partial charge < -0.3 is 5.32 Å². The van der Waals surface area contributed by atoms with Gasteiger partial charge in [0.25, 0.3) is 0 Å². The van der Waals surface area contributed by atoms with Gasteiger partial charge in [0, 0.05) is 29.2 Å². The summed E-state index contributed by atoms with van der Waals surface area (Å²) in [4.78, 5) is 9.07. The summed E-state index contributed by atoms with van der Waals surface area (Å²) in [6.45, 7) is 0. The zero-order valence-corrected chi connectivity index (χ0v) is 16.5. The van der Waals surface area contributed by atoms with E-state index >= 15 is 0 Å². The summed E-state index contributed by atoms with van der Waals surface area (Å²) in [7, 11) is 0. The van der Waals surface area contributed by atoms with Gasteiger partial charge in [-0.2, -0.15) is 0 Å². The van der Waals surface area contributed by atoms with Crippen LogP contribution in [0, 0.1) is 17.7 Å². The Bertz CT molecular complexity index is 1410. The maximum absolute atomic E-state index is 13.3. The molecule has 0 atom stereocenters. The Kier molecular flexibility index (Phi) is 4.88. The summed E-state index contributed by atoms with van der Waals surface area (Å²) in [6, 6.07) is 25.7. The first kappa shape index (κ1) is 18.6. The second kappa shape index (κ2) is 8.13. The van der Waals surface area contributed by atoms with Gasteiger partial charge in [-0.3, -0.25) is 4.40 Å². The molecule has 5 heteroatoms. The standard InChI is InChI=1S/C26H17FN4/c27-21-11-14-23(15-12-21)29-26-25(30-24-9-2-4-17-31(24)26)20-7-5-6-19(18-20)10-13-22-8-1-3-16-28-22/h1-9,11-12,14-18,29H. The van der Waals surface area contributed by atoms with E-state index in [1.807, 2.05) is 71.3 Å². The number of fused-ring (bicyclic) bond motifs is 1. The molecule has 3 aromatic heterocycles. The van der Waals surface area contributed by atoms with Gasteiger partial charge in [-0.15, -0.1) is 0 Å². The van der Waals surface area contributed by atoms with E-state index in [1.54, 1.807) is 18.3 Å². The zero-order chi connectivity index (χ0) is 21.0. The van der Waals surface area contributed by atoms with E-state index in [-0.39, 0.29) is 5.82 Å². The normalized spacial score (nSPS) is 10.5. The van der Waals surface area contributed by atoms with E-state index in [9.17, 15) is 4.39 Å². The third-order valence-corrected chi connectivity index (χ3v) is 4.77. The molecule has 1 N–H and O–H groups in total. The molecule has 0 radical (unpaired) electrons. The van der Waals surface area contributed by atoms with Crippen molar-refractivity contribution in [1.29, 1.82) is 0 Å². The van der Waals surface area contributed by atoms with E-state index in [2.05, 4.69) is 22.1 Å². The lowest BCUT2D eigenvalue weighted by atomic mass is 10.1. The number of pyridine rings is 2. The van der Waals surface area contributed by atoms with Gasteiger partial charge in [0.05, 0.1) is 0 Å². The van der Waals surface area contributed by atoms with Crippen molar-refractivity contribution >= 4 is 17.2 Å². The van der Waals surface area contributed by atoms with Crippen molar-refractivity contribution in [2.75, 3.05) is 5.32 Å². The minimum atomic E-state index is -0.275. The van der Waals surface area contributed by atoms with Crippen LogP contribution in [-0.2, 0) is 0 Å². The number of hydrogen-bond acceptors (Lipinski definition) is 3. The van der Waals surface area contributed by atoms with Crippen LogP contribution in [0.25, 0.3) is 16.9 Å². The number of imidazole rings is 1. The lowest BCUT2D eigenvalue weighted by Gasteiger charge is -2.09. The van der Waals surface area contributed by atoms with Crippen LogP contribution in [0.4, 0.5) is 15.9 Å². The third-order valence-electron chi connectivity index (χ3n) is 4.77. The molecule has 5 aromatic rings.